The van der Waals surface area contributed by atoms with Crippen LogP contribution in [0, 0.1) is 5.82 Å². The van der Waals surface area contributed by atoms with E-state index in [2.05, 4.69) is 20.8 Å². The molecule has 0 radical (unpaired) electrons. The van der Waals surface area contributed by atoms with Crippen molar-refractivity contribution in [2.45, 2.75) is 43.1 Å². The minimum absolute atomic E-state index is 0.0980. The van der Waals surface area contributed by atoms with E-state index in [4.69, 9.17) is 39.7 Å². The maximum atomic E-state index is 14.4. The summed E-state index contributed by atoms with van der Waals surface area (Å²) in [7, 11) is 2.73. The number of nitrogens with two attached hydrogens (primary N) is 1. The van der Waals surface area contributed by atoms with E-state index in [9.17, 15) is 43.1 Å². The van der Waals surface area contributed by atoms with Crippen molar-refractivity contribution in [3.63, 3.8) is 0 Å². The maximum absolute atomic E-state index is 14.4. The number of thioether (sulfide) groups is 1. The lowest BCUT2D eigenvalue weighted by Crippen LogP contribution is -2.71. The number of carboxylic acids is 2. The average Bonchev–Trinajstić information content (AvgIpc) is 3.98. The fourth-order valence-electron chi connectivity index (χ4n) is 7.35. The number of aliphatic carboxylic acids is 2. The summed E-state index contributed by atoms with van der Waals surface area (Å²) < 4.78 is 35.1. The molecule has 5 fully saturated rings. The highest BCUT2D eigenvalue weighted by Gasteiger charge is 2.55. The number of anilines is 3. The van der Waals surface area contributed by atoms with E-state index in [1.807, 2.05) is 4.90 Å². The lowest BCUT2D eigenvalue weighted by atomic mass is 10.0. The number of ether oxygens (including phenoxy) is 4. The van der Waals surface area contributed by atoms with Gasteiger partial charge in [0.2, 0.25) is 11.8 Å². The molecule has 0 aliphatic carbocycles. The number of oxime groups is 1. The molecule has 0 unspecified atom stereocenters. The first-order valence-electron chi connectivity index (χ1n) is 20.0. The topological polar surface area (TPSA) is 315 Å². The molecule has 1 aromatic carbocycles. The van der Waals surface area contributed by atoms with E-state index >= 15 is 0 Å². The van der Waals surface area contributed by atoms with Gasteiger partial charge in [-0.05, 0) is 29.8 Å². The number of aliphatic hydroxyl groups excluding tert-OH is 1. The van der Waals surface area contributed by atoms with Crippen LogP contribution in [-0.4, -0.2) is 180 Å². The largest absolute Gasteiger partial charge is 0.479 e. The van der Waals surface area contributed by atoms with E-state index in [0.717, 1.165) is 11.3 Å². The third-order valence-electron chi connectivity index (χ3n) is 10.4. The standard InChI is InChI=1S/C16H20FN3O4.C15H17N5O6S2.C8H9NO5/c1-11(21)18-9-13-10-20(16(22)24-13)12-2-3-15(14(17)8-12)19-4-6-23-7-5-19;1-25-3-6-4-27-13-9(12(22)20(13)10(6)14(23)24)18-11(21)8(19-26-2)7-5-28-15(16)17-7;10-2-1-4-7(8(12)13)9-5(11)3-6(9)14-4/h2-3,8,13H,4-7,9-10H2,1H3,(H,18,21);5,9,13H,3-4H2,1-2H3,(H2,16,17)(H,18,21)(H,23,24);1,6-7,10H,2-3H2,(H,12,13)/b;19-8-;4-1-/t13-;9-,13-;6-,7-/m011/s1. The summed E-state index contributed by atoms with van der Waals surface area (Å²) >= 11 is 2.47. The van der Waals surface area contributed by atoms with E-state index in [-0.39, 0.29) is 78.3 Å². The number of nitrogens with zero attached hydrogens (tertiary/aromatic N) is 6. The van der Waals surface area contributed by atoms with Gasteiger partial charge in [-0.3, -0.25) is 33.9 Å². The van der Waals surface area contributed by atoms with Gasteiger partial charge in [0.25, 0.3) is 11.8 Å². The van der Waals surface area contributed by atoms with Crippen molar-refractivity contribution in [3.05, 3.63) is 58.2 Å². The van der Waals surface area contributed by atoms with Crippen LogP contribution in [0.4, 0.5) is 25.7 Å². The molecule has 2 aromatic rings. The van der Waals surface area contributed by atoms with Crippen molar-refractivity contribution in [2.24, 2.45) is 5.16 Å². The monoisotopic (exact) mass is 963 g/mol. The quantitative estimate of drug-likeness (QED) is 0.0837. The van der Waals surface area contributed by atoms with Gasteiger partial charge in [0.15, 0.2) is 23.1 Å². The summed E-state index contributed by atoms with van der Waals surface area (Å²) in [5.41, 5.74) is 7.04. The van der Waals surface area contributed by atoms with Gasteiger partial charge in [-0.1, -0.05) is 5.16 Å². The fraction of sp³-hybridized carbons (Fsp3) is 0.462. The van der Waals surface area contributed by atoms with Crippen LogP contribution in [0.5, 0.6) is 0 Å². The first-order chi connectivity index (χ1) is 31.6. The highest BCUT2D eigenvalue weighted by Crippen LogP contribution is 2.40. The second kappa shape index (κ2) is 21.6. The summed E-state index contributed by atoms with van der Waals surface area (Å²) in [6, 6.07) is 2.76. The molecule has 0 bridgehead atoms. The molecule has 0 spiro atoms. The van der Waals surface area contributed by atoms with Crippen LogP contribution in [0.2, 0.25) is 0 Å². The Morgan fingerprint density at radius 2 is 1.86 bits per heavy atom. The molecular formula is C39H46FN9O15S2. The molecule has 356 valence electrons. The molecular weight excluding hydrogens is 918 g/mol. The Balaban J connectivity index is 0.000000172. The molecule has 7 heterocycles. The molecule has 8 rings (SSSR count). The third kappa shape index (κ3) is 10.8. The van der Waals surface area contributed by atoms with Crippen molar-refractivity contribution in [1.82, 2.24) is 25.4 Å². The Morgan fingerprint density at radius 3 is 2.45 bits per heavy atom. The Morgan fingerprint density at radius 1 is 1.12 bits per heavy atom. The number of β-lactam (4-membered cyclic amide) rings is 2. The van der Waals surface area contributed by atoms with E-state index < -0.39 is 59.6 Å². The van der Waals surface area contributed by atoms with Crippen LogP contribution in [-0.2, 0) is 52.6 Å². The second-order valence-electron chi connectivity index (χ2n) is 14.6. The third-order valence-corrected chi connectivity index (χ3v) is 12.4. The lowest BCUT2D eigenvalue weighted by Gasteiger charge is -2.49. The predicted octanol–water partition coefficient (Wildman–Crippen LogP) is -0.511. The predicted molar refractivity (Wildman–Crippen MR) is 230 cm³/mol. The van der Waals surface area contributed by atoms with Crippen LogP contribution >= 0.6 is 23.1 Å². The number of carbonyl (C=O) groups excluding carboxylic acids is 5. The minimum Gasteiger partial charge on any atom is -0.479 e. The summed E-state index contributed by atoms with van der Waals surface area (Å²) in [6.45, 7) is 4.15. The molecule has 6 aliphatic heterocycles. The number of rotatable bonds is 13. The Kier molecular flexibility index (Phi) is 16.0. The number of fused-ring (bicyclic) bond motifs is 2. The van der Waals surface area contributed by atoms with Gasteiger partial charge in [-0.25, -0.2) is 23.8 Å². The van der Waals surface area contributed by atoms with E-state index in [1.165, 1.54) is 59.7 Å². The van der Waals surface area contributed by atoms with Gasteiger partial charge in [-0.15, -0.1) is 23.1 Å². The Hall–Kier alpha value is -6.55. The number of hydrogen-bond donors (Lipinski definition) is 6. The zero-order chi connectivity index (χ0) is 47.8. The van der Waals surface area contributed by atoms with Gasteiger partial charge in [0, 0.05) is 38.3 Å². The average molecular weight is 964 g/mol. The van der Waals surface area contributed by atoms with E-state index in [0.29, 0.717) is 49.0 Å². The molecule has 6 aliphatic rings. The van der Waals surface area contributed by atoms with Crippen LogP contribution in [0.25, 0.3) is 0 Å². The van der Waals surface area contributed by atoms with Crippen LogP contribution in [0.3, 0.4) is 0 Å². The number of halogens is 1. The summed E-state index contributed by atoms with van der Waals surface area (Å²) in [5.74, 6) is -3.83. The normalized spacial score (nSPS) is 23.8. The molecule has 5 amide bonds. The number of benzene rings is 1. The molecule has 5 saturated heterocycles. The molecule has 27 heteroatoms. The minimum atomic E-state index is -1.21. The molecule has 24 nitrogen and oxygen atoms in total. The number of morpholine rings is 1. The number of carbonyl (C=O) groups is 7. The number of aromatic nitrogens is 1. The molecule has 66 heavy (non-hydrogen) atoms. The second-order valence-corrected chi connectivity index (χ2v) is 16.6. The summed E-state index contributed by atoms with van der Waals surface area (Å²) in [5, 5.41) is 37.1. The number of aliphatic hydroxyl groups is 1. The molecule has 1 aromatic heterocycles. The Labute approximate surface area is 383 Å². The zero-order valence-corrected chi connectivity index (χ0v) is 37.2. The first kappa shape index (κ1) is 48.9. The summed E-state index contributed by atoms with van der Waals surface area (Å²) in [6.07, 6.45) is 0.0466. The zero-order valence-electron chi connectivity index (χ0n) is 35.5. The molecule has 5 atom stereocenters. The van der Waals surface area contributed by atoms with Crippen molar-refractivity contribution in [1.29, 1.82) is 0 Å². The van der Waals surface area contributed by atoms with Crippen LogP contribution in [0.1, 0.15) is 19.0 Å². The number of hydrogen-bond acceptors (Lipinski definition) is 19. The number of amides is 5. The number of carboxylic acid groups (broad SMARTS) is 2. The number of nitrogen functional groups attached to an aromatic ring is 1. The van der Waals surface area contributed by atoms with Crippen molar-refractivity contribution in [3.8, 4) is 0 Å². The number of methoxy groups -OCH3 is 1. The molecule has 0 saturated carbocycles. The highest BCUT2D eigenvalue weighted by molar-refractivity contribution is 8.00. The van der Waals surface area contributed by atoms with E-state index in [1.54, 1.807) is 17.5 Å². The smallest absolute Gasteiger partial charge is 0.414 e. The van der Waals surface area contributed by atoms with Crippen LogP contribution in [0.15, 0.2) is 51.8 Å². The first-order valence-corrected chi connectivity index (χ1v) is 21.9. The molecule has 7 N–H and O–H groups in total. The SMILES string of the molecule is CC(=O)NC[C@H]1CN(c2ccc(N3CCOCC3)c(F)c2)C(=O)O1.COCC1=C(C(=O)O)N2C(=O)[C@@H](NC(=O)/C(=N\OC)c3csc(N)n3)[C@H]2SC1.O=C(O)[C@H]1/C(=C/CO)O[C@@H]2CC(=O)N21. The number of cyclic esters (lactones) is 1. The fourth-order valence-corrected chi connectivity index (χ4v) is 9.23. The lowest BCUT2D eigenvalue weighted by molar-refractivity contribution is -0.163. The van der Waals surface area contributed by atoms with Crippen LogP contribution < -0.4 is 26.2 Å². The van der Waals surface area contributed by atoms with Crippen molar-refractivity contribution < 1.29 is 77.1 Å². The van der Waals surface area contributed by atoms with Crippen molar-refractivity contribution in [2.75, 3.05) is 88.1 Å². The Bertz CT molecular complexity index is 2320. The number of thiazole rings is 1. The summed E-state index contributed by atoms with van der Waals surface area (Å²) in [4.78, 5) is 95.9. The van der Waals surface area contributed by atoms with Gasteiger partial charge >= 0.3 is 18.0 Å². The van der Waals surface area contributed by atoms with Gasteiger partial charge in [-0.2, -0.15) is 0 Å². The maximum Gasteiger partial charge on any atom is 0.414 e. The van der Waals surface area contributed by atoms with Gasteiger partial charge < -0.3 is 60.4 Å². The number of nitrogens with one attached hydrogen (secondary N) is 2. The highest BCUT2D eigenvalue weighted by atomic mass is 32.2. The van der Waals surface area contributed by atoms with Crippen molar-refractivity contribution >= 4 is 87.0 Å². The van der Waals surface area contributed by atoms with Gasteiger partial charge in [0.1, 0.15) is 47.6 Å². The van der Waals surface area contributed by atoms with Gasteiger partial charge in [0.05, 0.1) is 57.3 Å².